The minimum atomic E-state index is -0.793. The molecule has 0 aliphatic rings. The number of carbonyl (C=O) groups is 1. The number of hydrogen-bond donors (Lipinski definition) is 0. The topological polar surface area (TPSA) is 17.1 Å². The first-order valence-electron chi connectivity index (χ1n) is 4.75. The fourth-order valence-corrected chi connectivity index (χ4v) is 1.30. The summed E-state index contributed by atoms with van der Waals surface area (Å²) >= 11 is 0. The second-order valence-corrected chi connectivity index (χ2v) is 3.20. The third kappa shape index (κ3) is 2.98. The molecule has 0 heterocycles. The predicted molar refractivity (Wildman–Crippen MR) is 54.7 cm³/mol. The van der Waals surface area contributed by atoms with Gasteiger partial charge in [0.15, 0.2) is 5.78 Å². The van der Waals surface area contributed by atoms with Crippen molar-refractivity contribution in [1.82, 2.24) is 0 Å². The van der Waals surface area contributed by atoms with Crippen molar-refractivity contribution in [3.8, 4) is 0 Å². The van der Waals surface area contributed by atoms with E-state index < -0.39 is 23.0 Å². The van der Waals surface area contributed by atoms with E-state index in [1.165, 1.54) is 6.07 Å². The molecule has 1 rings (SSSR count). The highest BCUT2D eigenvalue weighted by molar-refractivity contribution is 5.96. The van der Waals surface area contributed by atoms with Gasteiger partial charge in [0.05, 0.1) is 5.56 Å². The van der Waals surface area contributed by atoms with E-state index in [9.17, 15) is 13.6 Å². The van der Waals surface area contributed by atoms with Crippen molar-refractivity contribution in [1.29, 1.82) is 0 Å². The van der Waals surface area contributed by atoms with E-state index in [1.807, 2.05) is 0 Å². The summed E-state index contributed by atoms with van der Waals surface area (Å²) in [5.74, 6) is -2.08. The zero-order valence-corrected chi connectivity index (χ0v) is 8.30. The molecule has 0 fully saturated rings. The average Bonchev–Trinajstić information content (AvgIpc) is 2.18. The molecule has 0 radical (unpaired) electrons. The third-order valence-corrected chi connectivity index (χ3v) is 2.05. The fraction of sp³-hybridized carbons (Fsp3) is 0.250. The lowest BCUT2D eigenvalue weighted by Gasteiger charge is -2.02. The van der Waals surface area contributed by atoms with E-state index in [4.69, 9.17) is 0 Å². The summed E-state index contributed by atoms with van der Waals surface area (Å²) < 4.78 is 26.3. The SMILES string of the molecule is C=CCCCC(=O)c1c(F)cccc1F. The monoisotopic (exact) mass is 210 g/mol. The van der Waals surface area contributed by atoms with Gasteiger partial charge in [0.25, 0.3) is 0 Å². The number of unbranched alkanes of at least 4 members (excludes halogenated alkanes) is 1. The second kappa shape index (κ2) is 5.39. The van der Waals surface area contributed by atoms with Crippen molar-refractivity contribution in [3.63, 3.8) is 0 Å². The molecule has 0 atom stereocenters. The zero-order chi connectivity index (χ0) is 11.3. The molecule has 0 aliphatic heterocycles. The van der Waals surface area contributed by atoms with Gasteiger partial charge in [-0.2, -0.15) is 0 Å². The first-order valence-corrected chi connectivity index (χ1v) is 4.75. The molecule has 80 valence electrons. The molecule has 1 nitrogen and oxygen atoms in total. The second-order valence-electron chi connectivity index (χ2n) is 3.20. The van der Waals surface area contributed by atoms with Crippen molar-refractivity contribution >= 4 is 5.78 Å². The molecule has 0 bridgehead atoms. The molecule has 0 saturated heterocycles. The van der Waals surface area contributed by atoms with Crippen LogP contribution in [-0.2, 0) is 0 Å². The van der Waals surface area contributed by atoms with Crippen LogP contribution in [0.3, 0.4) is 0 Å². The Morgan fingerprint density at radius 3 is 2.47 bits per heavy atom. The molecule has 0 aliphatic carbocycles. The molecule has 0 spiro atoms. The molecule has 0 amide bonds. The van der Waals surface area contributed by atoms with Gasteiger partial charge in [-0.25, -0.2) is 8.78 Å². The summed E-state index contributed by atoms with van der Waals surface area (Å²) in [6, 6.07) is 3.42. The van der Waals surface area contributed by atoms with E-state index >= 15 is 0 Å². The Bertz CT molecular complexity index is 352. The van der Waals surface area contributed by atoms with Crippen molar-refractivity contribution < 1.29 is 13.6 Å². The number of benzene rings is 1. The third-order valence-electron chi connectivity index (χ3n) is 2.05. The van der Waals surface area contributed by atoms with Crippen LogP contribution in [0.1, 0.15) is 29.6 Å². The number of hydrogen-bond acceptors (Lipinski definition) is 1. The van der Waals surface area contributed by atoms with Gasteiger partial charge in [-0.05, 0) is 25.0 Å². The summed E-state index contributed by atoms with van der Waals surface area (Å²) in [4.78, 5) is 11.4. The van der Waals surface area contributed by atoms with Crippen LogP contribution in [0.25, 0.3) is 0 Å². The van der Waals surface area contributed by atoms with Gasteiger partial charge in [0.2, 0.25) is 0 Å². The van der Waals surface area contributed by atoms with E-state index in [-0.39, 0.29) is 6.42 Å². The normalized spacial score (nSPS) is 10.0. The van der Waals surface area contributed by atoms with Gasteiger partial charge in [0, 0.05) is 6.42 Å². The Hall–Kier alpha value is -1.51. The van der Waals surface area contributed by atoms with Crippen molar-refractivity contribution in [2.75, 3.05) is 0 Å². The first kappa shape index (κ1) is 11.6. The van der Waals surface area contributed by atoms with Gasteiger partial charge in [-0.15, -0.1) is 6.58 Å². The number of carbonyl (C=O) groups excluding carboxylic acids is 1. The van der Waals surface area contributed by atoms with E-state index in [0.29, 0.717) is 12.8 Å². The van der Waals surface area contributed by atoms with Crippen LogP contribution in [0.15, 0.2) is 30.9 Å². The maximum absolute atomic E-state index is 13.1. The molecular formula is C12H12F2O. The highest BCUT2D eigenvalue weighted by Crippen LogP contribution is 2.15. The van der Waals surface area contributed by atoms with Crippen LogP contribution >= 0.6 is 0 Å². The standard InChI is InChI=1S/C12H12F2O/c1-2-3-4-8-11(15)12-9(13)6-5-7-10(12)14/h2,5-7H,1,3-4,8H2. The average molecular weight is 210 g/mol. The van der Waals surface area contributed by atoms with Gasteiger partial charge >= 0.3 is 0 Å². The maximum atomic E-state index is 13.1. The van der Waals surface area contributed by atoms with Crippen molar-refractivity contribution in [2.45, 2.75) is 19.3 Å². The van der Waals surface area contributed by atoms with E-state index in [1.54, 1.807) is 6.08 Å². The van der Waals surface area contributed by atoms with Crippen molar-refractivity contribution in [3.05, 3.63) is 48.1 Å². The Kier molecular flexibility index (Phi) is 4.16. The van der Waals surface area contributed by atoms with Gasteiger partial charge < -0.3 is 0 Å². The van der Waals surface area contributed by atoms with Gasteiger partial charge in [0.1, 0.15) is 11.6 Å². The first-order chi connectivity index (χ1) is 7.16. The minimum Gasteiger partial charge on any atom is -0.294 e. The lowest BCUT2D eigenvalue weighted by molar-refractivity contribution is 0.0972. The molecule has 1 aromatic carbocycles. The summed E-state index contributed by atoms with van der Waals surface area (Å²) in [5.41, 5.74) is -0.429. The van der Waals surface area contributed by atoms with E-state index in [2.05, 4.69) is 6.58 Å². The van der Waals surface area contributed by atoms with Crippen LogP contribution in [0.5, 0.6) is 0 Å². The van der Waals surface area contributed by atoms with Crippen molar-refractivity contribution in [2.24, 2.45) is 0 Å². The Balaban J connectivity index is 2.77. The van der Waals surface area contributed by atoms with Gasteiger partial charge in [-0.1, -0.05) is 12.1 Å². The molecule has 0 saturated carbocycles. The maximum Gasteiger partial charge on any atom is 0.168 e. The Morgan fingerprint density at radius 1 is 1.33 bits per heavy atom. The largest absolute Gasteiger partial charge is 0.294 e. The molecule has 0 N–H and O–H groups in total. The highest BCUT2D eigenvalue weighted by atomic mass is 19.1. The molecule has 3 heteroatoms. The van der Waals surface area contributed by atoms with Crippen LogP contribution < -0.4 is 0 Å². The summed E-state index contributed by atoms with van der Waals surface area (Å²) in [6.45, 7) is 3.51. The number of rotatable bonds is 5. The molecular weight excluding hydrogens is 198 g/mol. The van der Waals surface area contributed by atoms with Crippen LogP contribution in [0.2, 0.25) is 0 Å². The summed E-state index contributed by atoms with van der Waals surface area (Å²) in [7, 11) is 0. The van der Waals surface area contributed by atoms with Gasteiger partial charge in [-0.3, -0.25) is 4.79 Å². The van der Waals surface area contributed by atoms with E-state index in [0.717, 1.165) is 12.1 Å². The van der Waals surface area contributed by atoms with Crippen LogP contribution in [-0.4, -0.2) is 5.78 Å². The van der Waals surface area contributed by atoms with Crippen LogP contribution in [0, 0.1) is 11.6 Å². The molecule has 0 aromatic heterocycles. The summed E-state index contributed by atoms with van der Waals surface area (Å²) in [5, 5.41) is 0. The molecule has 15 heavy (non-hydrogen) atoms. The summed E-state index contributed by atoms with van der Waals surface area (Å²) in [6.07, 6.45) is 3.05. The lowest BCUT2D eigenvalue weighted by atomic mass is 10.0. The smallest absolute Gasteiger partial charge is 0.168 e. The number of halogens is 2. The quantitative estimate of drug-likeness (QED) is 0.413. The fourth-order valence-electron chi connectivity index (χ4n) is 1.30. The number of allylic oxidation sites excluding steroid dienone is 1. The molecule has 0 unspecified atom stereocenters. The Morgan fingerprint density at radius 2 is 1.93 bits per heavy atom. The number of Topliss-reactive ketones (excluding diaryl/α,β-unsaturated/α-hetero) is 1. The number of ketones is 1. The van der Waals surface area contributed by atoms with Crippen LogP contribution in [0.4, 0.5) is 8.78 Å². The minimum absolute atomic E-state index is 0.143. The molecule has 1 aromatic rings. The Labute approximate surface area is 87.4 Å². The highest BCUT2D eigenvalue weighted by Gasteiger charge is 2.15. The predicted octanol–water partition coefficient (Wildman–Crippen LogP) is 3.50. The lowest BCUT2D eigenvalue weighted by Crippen LogP contribution is -2.05. The zero-order valence-electron chi connectivity index (χ0n) is 8.30.